The minimum absolute atomic E-state index is 0.145. The summed E-state index contributed by atoms with van der Waals surface area (Å²) < 4.78 is 0. The number of rotatable bonds is 3. The number of aliphatic hydroxyl groups is 1. The second-order valence-corrected chi connectivity index (χ2v) is 6.41. The highest BCUT2D eigenvalue weighted by atomic mass is 16.3. The van der Waals surface area contributed by atoms with Crippen LogP contribution in [0.3, 0.4) is 0 Å². The smallest absolute Gasteiger partial charge is 0.0631 e. The van der Waals surface area contributed by atoms with Gasteiger partial charge in [-0.05, 0) is 37.8 Å². The Hall–Kier alpha value is -0.860. The van der Waals surface area contributed by atoms with Crippen LogP contribution in [0, 0.1) is 0 Å². The number of nitrogens with two attached hydrogens (primary N) is 1. The Morgan fingerprint density at radius 3 is 2.50 bits per heavy atom. The lowest BCUT2D eigenvalue weighted by molar-refractivity contribution is 0.0809. The number of benzene rings is 1. The molecule has 18 heavy (non-hydrogen) atoms. The topological polar surface area (TPSA) is 46.2 Å². The lowest BCUT2D eigenvalue weighted by Crippen LogP contribution is -2.38. The average molecular weight is 247 g/mol. The van der Waals surface area contributed by atoms with Gasteiger partial charge in [0.25, 0.3) is 0 Å². The van der Waals surface area contributed by atoms with Crippen molar-refractivity contribution in [3.63, 3.8) is 0 Å². The molecule has 0 heterocycles. The van der Waals surface area contributed by atoms with E-state index >= 15 is 0 Å². The van der Waals surface area contributed by atoms with Crippen molar-refractivity contribution in [2.24, 2.45) is 5.73 Å². The zero-order valence-electron chi connectivity index (χ0n) is 11.6. The van der Waals surface area contributed by atoms with Crippen molar-refractivity contribution in [2.45, 2.75) is 63.5 Å². The van der Waals surface area contributed by atoms with E-state index in [1.54, 1.807) is 0 Å². The van der Waals surface area contributed by atoms with Crippen molar-refractivity contribution in [1.29, 1.82) is 0 Å². The molecule has 1 fully saturated rings. The standard InChI is InChI=1S/C16H25NO/c1-15(2,18)12-13-7-6-8-14(11-13)16(17)9-4-3-5-10-16/h6-8,11,18H,3-5,9-10,12,17H2,1-2H3. The van der Waals surface area contributed by atoms with E-state index in [0.29, 0.717) is 6.42 Å². The van der Waals surface area contributed by atoms with E-state index in [4.69, 9.17) is 5.73 Å². The van der Waals surface area contributed by atoms with Crippen LogP contribution in [0.25, 0.3) is 0 Å². The fourth-order valence-corrected chi connectivity index (χ4v) is 2.96. The molecule has 0 spiro atoms. The molecule has 0 bridgehead atoms. The third-order valence-corrected chi connectivity index (χ3v) is 3.88. The van der Waals surface area contributed by atoms with Crippen molar-refractivity contribution >= 4 is 0 Å². The van der Waals surface area contributed by atoms with Crippen molar-refractivity contribution in [2.75, 3.05) is 0 Å². The van der Waals surface area contributed by atoms with Gasteiger partial charge in [0.15, 0.2) is 0 Å². The molecule has 1 aliphatic rings. The van der Waals surface area contributed by atoms with Crippen molar-refractivity contribution in [3.8, 4) is 0 Å². The summed E-state index contributed by atoms with van der Waals surface area (Å²) in [5.41, 5.74) is 8.16. The summed E-state index contributed by atoms with van der Waals surface area (Å²) in [5.74, 6) is 0. The summed E-state index contributed by atoms with van der Waals surface area (Å²) in [6.07, 6.45) is 6.61. The molecule has 3 N–H and O–H groups in total. The second kappa shape index (κ2) is 5.02. The summed E-state index contributed by atoms with van der Waals surface area (Å²) in [7, 11) is 0. The van der Waals surface area contributed by atoms with Crippen LogP contribution in [0.1, 0.15) is 57.1 Å². The van der Waals surface area contributed by atoms with Gasteiger partial charge >= 0.3 is 0 Å². The molecule has 0 atom stereocenters. The molecule has 0 amide bonds. The van der Waals surface area contributed by atoms with Gasteiger partial charge in [-0.2, -0.15) is 0 Å². The third-order valence-electron chi connectivity index (χ3n) is 3.88. The summed E-state index contributed by atoms with van der Waals surface area (Å²) in [4.78, 5) is 0. The highest BCUT2D eigenvalue weighted by molar-refractivity contribution is 5.30. The maximum absolute atomic E-state index is 9.91. The first-order chi connectivity index (χ1) is 8.39. The molecule has 2 rings (SSSR count). The van der Waals surface area contributed by atoms with E-state index in [2.05, 4.69) is 24.3 Å². The molecule has 0 aliphatic heterocycles. The first-order valence-electron chi connectivity index (χ1n) is 7.00. The number of hydrogen-bond donors (Lipinski definition) is 2. The van der Waals surface area contributed by atoms with Crippen molar-refractivity contribution in [3.05, 3.63) is 35.4 Å². The average Bonchev–Trinajstić information content (AvgIpc) is 2.28. The Bertz CT molecular complexity index is 400. The highest BCUT2D eigenvalue weighted by Gasteiger charge is 2.29. The van der Waals surface area contributed by atoms with Crippen LogP contribution in [-0.4, -0.2) is 10.7 Å². The predicted octanol–water partition coefficient (Wildman–Crippen LogP) is 3.12. The minimum Gasteiger partial charge on any atom is -0.390 e. The summed E-state index contributed by atoms with van der Waals surface area (Å²) >= 11 is 0. The minimum atomic E-state index is -0.660. The fourth-order valence-electron chi connectivity index (χ4n) is 2.96. The lowest BCUT2D eigenvalue weighted by atomic mass is 9.77. The molecule has 1 aliphatic carbocycles. The van der Waals surface area contributed by atoms with Gasteiger partial charge in [0.1, 0.15) is 0 Å². The van der Waals surface area contributed by atoms with E-state index in [-0.39, 0.29) is 5.54 Å². The molecule has 1 aromatic rings. The van der Waals surface area contributed by atoms with E-state index in [1.807, 2.05) is 13.8 Å². The Balaban J connectivity index is 2.21. The van der Waals surface area contributed by atoms with Gasteiger partial charge in [0.2, 0.25) is 0 Å². The van der Waals surface area contributed by atoms with Gasteiger partial charge in [-0.15, -0.1) is 0 Å². The second-order valence-electron chi connectivity index (χ2n) is 6.41. The summed E-state index contributed by atoms with van der Waals surface area (Å²) in [6.45, 7) is 3.69. The molecule has 0 unspecified atom stereocenters. The third kappa shape index (κ3) is 3.33. The van der Waals surface area contributed by atoms with Crippen LogP contribution in [0.15, 0.2) is 24.3 Å². The van der Waals surface area contributed by atoms with Gasteiger partial charge < -0.3 is 10.8 Å². The van der Waals surface area contributed by atoms with Crippen LogP contribution in [0.5, 0.6) is 0 Å². The molecule has 1 saturated carbocycles. The zero-order chi connectivity index (χ0) is 13.2. The Morgan fingerprint density at radius 2 is 1.89 bits per heavy atom. The largest absolute Gasteiger partial charge is 0.390 e. The molecule has 100 valence electrons. The fraction of sp³-hybridized carbons (Fsp3) is 0.625. The molecule has 2 nitrogen and oxygen atoms in total. The van der Waals surface area contributed by atoms with E-state index in [0.717, 1.165) is 12.8 Å². The van der Waals surface area contributed by atoms with Gasteiger partial charge in [-0.1, -0.05) is 43.5 Å². The van der Waals surface area contributed by atoms with Crippen LogP contribution < -0.4 is 5.73 Å². The van der Waals surface area contributed by atoms with Gasteiger partial charge in [-0.25, -0.2) is 0 Å². The van der Waals surface area contributed by atoms with Gasteiger partial charge in [0.05, 0.1) is 5.60 Å². The summed E-state index contributed by atoms with van der Waals surface area (Å²) in [6, 6.07) is 8.47. The highest BCUT2D eigenvalue weighted by Crippen LogP contribution is 2.35. The summed E-state index contributed by atoms with van der Waals surface area (Å²) in [5, 5.41) is 9.91. The first-order valence-corrected chi connectivity index (χ1v) is 7.00. The van der Waals surface area contributed by atoms with Crippen LogP contribution in [0.2, 0.25) is 0 Å². The maximum atomic E-state index is 9.91. The SMILES string of the molecule is CC(C)(O)Cc1cccc(C2(N)CCCCC2)c1. The monoisotopic (exact) mass is 247 g/mol. The van der Waals surface area contributed by atoms with Gasteiger partial charge in [0, 0.05) is 12.0 Å². The molecule has 0 saturated heterocycles. The lowest BCUT2D eigenvalue weighted by Gasteiger charge is -2.34. The van der Waals surface area contributed by atoms with Crippen molar-refractivity contribution < 1.29 is 5.11 Å². The van der Waals surface area contributed by atoms with E-state index in [9.17, 15) is 5.11 Å². The van der Waals surface area contributed by atoms with Crippen LogP contribution in [0.4, 0.5) is 0 Å². The quantitative estimate of drug-likeness (QED) is 0.862. The predicted molar refractivity (Wildman–Crippen MR) is 75.4 cm³/mol. The zero-order valence-corrected chi connectivity index (χ0v) is 11.6. The molecule has 0 aromatic heterocycles. The van der Waals surface area contributed by atoms with Gasteiger partial charge in [-0.3, -0.25) is 0 Å². The molecule has 2 heteroatoms. The normalized spacial score (nSPS) is 19.8. The maximum Gasteiger partial charge on any atom is 0.0631 e. The molecule has 1 aromatic carbocycles. The van der Waals surface area contributed by atoms with E-state index < -0.39 is 5.60 Å². The van der Waals surface area contributed by atoms with Crippen LogP contribution >= 0.6 is 0 Å². The Morgan fingerprint density at radius 1 is 1.22 bits per heavy atom. The molecular weight excluding hydrogens is 222 g/mol. The molecule has 0 radical (unpaired) electrons. The Kier molecular flexibility index (Phi) is 3.79. The van der Waals surface area contributed by atoms with Crippen LogP contribution in [-0.2, 0) is 12.0 Å². The van der Waals surface area contributed by atoms with Crippen molar-refractivity contribution in [1.82, 2.24) is 0 Å². The molecular formula is C16H25NO. The Labute approximate surface area is 110 Å². The first kappa shape index (κ1) is 13.6. The van der Waals surface area contributed by atoms with E-state index in [1.165, 1.54) is 30.4 Å². The number of hydrogen-bond acceptors (Lipinski definition) is 2.